The molecule has 1 aromatic heterocycles. The van der Waals surface area contributed by atoms with Gasteiger partial charge >= 0.3 is 0 Å². The van der Waals surface area contributed by atoms with Gasteiger partial charge in [-0.1, -0.05) is 0 Å². The van der Waals surface area contributed by atoms with Crippen molar-refractivity contribution < 1.29 is 9.18 Å². The first-order valence-electron chi connectivity index (χ1n) is 3.06. The van der Waals surface area contributed by atoms with E-state index < -0.39 is 11.7 Å². The summed E-state index contributed by atoms with van der Waals surface area (Å²) in [6.45, 7) is 0. The standard InChI is InChI=1S/C6H2BrFN4O/c7-5-3(8)1-2-4(10-5)6(13)11-12-9/h1-2H. The highest BCUT2D eigenvalue weighted by atomic mass is 79.9. The summed E-state index contributed by atoms with van der Waals surface area (Å²) in [6.07, 6.45) is 0. The Bertz CT molecular complexity index is 402. The van der Waals surface area contributed by atoms with Crippen molar-refractivity contribution in [3.8, 4) is 0 Å². The molecule has 0 aliphatic rings. The van der Waals surface area contributed by atoms with E-state index in [9.17, 15) is 9.18 Å². The van der Waals surface area contributed by atoms with Crippen LogP contribution in [-0.4, -0.2) is 10.9 Å². The number of carbonyl (C=O) groups is 1. The Labute approximate surface area is 80.3 Å². The van der Waals surface area contributed by atoms with Gasteiger partial charge in [-0.3, -0.25) is 4.79 Å². The van der Waals surface area contributed by atoms with Gasteiger partial charge in [0, 0.05) is 4.91 Å². The number of hydrogen-bond acceptors (Lipinski definition) is 2. The summed E-state index contributed by atoms with van der Waals surface area (Å²) in [6, 6.07) is 2.19. The van der Waals surface area contributed by atoms with Crippen molar-refractivity contribution in [3.63, 3.8) is 0 Å². The fourth-order valence-corrected chi connectivity index (χ4v) is 0.951. The maximum absolute atomic E-state index is 12.6. The Hall–Kier alpha value is -1.46. The molecule has 0 aromatic carbocycles. The van der Waals surface area contributed by atoms with Gasteiger partial charge in [-0.25, -0.2) is 9.37 Å². The Kier molecular flexibility index (Phi) is 2.94. The van der Waals surface area contributed by atoms with E-state index in [1.54, 1.807) is 0 Å². The molecule has 0 spiro atoms. The minimum Gasteiger partial charge on any atom is -0.285 e. The number of pyridine rings is 1. The van der Waals surface area contributed by atoms with E-state index in [1.165, 1.54) is 0 Å². The lowest BCUT2D eigenvalue weighted by molar-refractivity contribution is 0.0995. The van der Waals surface area contributed by atoms with Crippen LogP contribution in [-0.2, 0) is 0 Å². The summed E-state index contributed by atoms with van der Waals surface area (Å²) in [5.41, 5.74) is 7.84. The fraction of sp³-hybridized carbons (Fsp3) is 0. The van der Waals surface area contributed by atoms with E-state index in [4.69, 9.17) is 5.53 Å². The van der Waals surface area contributed by atoms with Gasteiger partial charge < -0.3 is 0 Å². The van der Waals surface area contributed by atoms with Gasteiger partial charge in [0.15, 0.2) is 5.82 Å². The number of nitrogens with zero attached hydrogens (tertiary/aromatic N) is 4. The number of halogens is 2. The second-order valence-electron chi connectivity index (χ2n) is 1.96. The van der Waals surface area contributed by atoms with Crippen LogP contribution in [0.15, 0.2) is 21.9 Å². The van der Waals surface area contributed by atoms with Gasteiger partial charge in [0.1, 0.15) is 10.3 Å². The smallest absolute Gasteiger partial charge is 0.267 e. The van der Waals surface area contributed by atoms with Gasteiger partial charge in [0.05, 0.1) is 0 Å². The Morgan fingerprint density at radius 3 is 2.92 bits per heavy atom. The van der Waals surface area contributed by atoms with Crippen molar-refractivity contribution >= 4 is 21.8 Å². The SMILES string of the molecule is [N-]=[N+]=NC(=O)c1ccc(F)c(Br)n1. The average molecular weight is 245 g/mol. The number of rotatable bonds is 1. The van der Waals surface area contributed by atoms with Gasteiger partial charge in [0.2, 0.25) is 0 Å². The summed E-state index contributed by atoms with van der Waals surface area (Å²) in [7, 11) is 0. The number of aromatic nitrogens is 1. The van der Waals surface area contributed by atoms with Crippen molar-refractivity contribution in [1.29, 1.82) is 0 Å². The molecule has 0 radical (unpaired) electrons. The van der Waals surface area contributed by atoms with Crippen LogP contribution in [0.25, 0.3) is 10.4 Å². The molecule has 0 saturated carbocycles. The molecule has 1 heterocycles. The summed E-state index contributed by atoms with van der Waals surface area (Å²) in [4.78, 5) is 16.7. The summed E-state index contributed by atoms with van der Waals surface area (Å²) in [5.74, 6) is -1.43. The maximum atomic E-state index is 12.6. The molecule has 66 valence electrons. The molecule has 0 atom stereocenters. The molecule has 0 N–H and O–H groups in total. The quantitative estimate of drug-likeness (QED) is 0.329. The summed E-state index contributed by atoms with van der Waals surface area (Å²) >= 11 is 2.79. The van der Waals surface area contributed by atoms with Crippen LogP contribution in [0.5, 0.6) is 0 Å². The predicted molar refractivity (Wildman–Crippen MR) is 45.4 cm³/mol. The highest BCUT2D eigenvalue weighted by molar-refractivity contribution is 9.10. The number of hydrogen-bond donors (Lipinski definition) is 0. The second kappa shape index (κ2) is 3.97. The second-order valence-corrected chi connectivity index (χ2v) is 2.71. The third-order valence-corrected chi connectivity index (χ3v) is 1.71. The van der Waals surface area contributed by atoms with E-state index in [0.717, 1.165) is 12.1 Å². The molecule has 1 rings (SSSR count). The lowest BCUT2D eigenvalue weighted by Crippen LogP contribution is -1.98. The molecule has 1 amide bonds. The molecule has 0 bridgehead atoms. The first-order valence-corrected chi connectivity index (χ1v) is 3.86. The van der Waals surface area contributed by atoms with Crippen molar-refractivity contribution in [2.24, 2.45) is 5.11 Å². The molecule has 7 heteroatoms. The molecule has 0 saturated heterocycles. The van der Waals surface area contributed by atoms with Gasteiger partial charge in [-0.2, -0.15) is 0 Å². The van der Waals surface area contributed by atoms with E-state index in [2.05, 4.69) is 30.9 Å². The van der Waals surface area contributed by atoms with Crippen LogP contribution < -0.4 is 0 Å². The van der Waals surface area contributed by atoms with Crippen LogP contribution in [0.1, 0.15) is 10.5 Å². The van der Waals surface area contributed by atoms with Crippen molar-refractivity contribution in [3.05, 3.63) is 38.7 Å². The normalized spacial score (nSPS) is 9.08. The lowest BCUT2D eigenvalue weighted by Gasteiger charge is -1.95. The molecule has 0 aliphatic carbocycles. The summed E-state index contributed by atoms with van der Waals surface area (Å²) < 4.78 is 12.5. The third-order valence-electron chi connectivity index (χ3n) is 1.16. The topological polar surface area (TPSA) is 78.7 Å². The van der Waals surface area contributed by atoms with Crippen LogP contribution in [0.2, 0.25) is 0 Å². The van der Waals surface area contributed by atoms with Crippen LogP contribution in [0.4, 0.5) is 4.39 Å². The molecule has 13 heavy (non-hydrogen) atoms. The highest BCUT2D eigenvalue weighted by Gasteiger charge is 2.07. The predicted octanol–water partition coefficient (Wildman–Crippen LogP) is 2.43. The zero-order valence-electron chi connectivity index (χ0n) is 6.11. The molecular weight excluding hydrogens is 243 g/mol. The van der Waals surface area contributed by atoms with E-state index in [1.807, 2.05) is 0 Å². The monoisotopic (exact) mass is 244 g/mol. The number of carbonyl (C=O) groups excluding carboxylic acids is 1. The van der Waals surface area contributed by atoms with Crippen molar-refractivity contribution in [2.75, 3.05) is 0 Å². The van der Waals surface area contributed by atoms with Crippen molar-refractivity contribution in [1.82, 2.24) is 4.98 Å². The lowest BCUT2D eigenvalue weighted by atomic mass is 10.3. The minimum absolute atomic E-state index is 0.0912. The zero-order chi connectivity index (χ0) is 9.84. The summed E-state index contributed by atoms with van der Waals surface area (Å²) in [5, 5.41) is 2.80. The molecule has 1 aromatic rings. The Morgan fingerprint density at radius 2 is 2.38 bits per heavy atom. The Morgan fingerprint density at radius 1 is 1.69 bits per heavy atom. The van der Waals surface area contributed by atoms with Gasteiger partial charge in [-0.05, 0) is 38.7 Å². The van der Waals surface area contributed by atoms with Gasteiger partial charge in [-0.15, -0.1) is 0 Å². The van der Waals surface area contributed by atoms with E-state index in [0.29, 0.717) is 0 Å². The third kappa shape index (κ3) is 2.24. The van der Waals surface area contributed by atoms with Gasteiger partial charge in [0.25, 0.3) is 5.91 Å². The van der Waals surface area contributed by atoms with E-state index >= 15 is 0 Å². The Balaban J connectivity index is 3.10. The van der Waals surface area contributed by atoms with Crippen LogP contribution in [0, 0.1) is 5.82 Å². The molecule has 0 aliphatic heterocycles. The minimum atomic E-state index is -0.844. The maximum Gasteiger partial charge on any atom is 0.267 e. The highest BCUT2D eigenvalue weighted by Crippen LogP contribution is 2.12. The van der Waals surface area contributed by atoms with Crippen LogP contribution in [0.3, 0.4) is 0 Å². The molecule has 5 nitrogen and oxygen atoms in total. The van der Waals surface area contributed by atoms with Crippen molar-refractivity contribution in [2.45, 2.75) is 0 Å². The largest absolute Gasteiger partial charge is 0.285 e. The number of amides is 1. The molecule has 0 unspecified atom stereocenters. The first kappa shape index (κ1) is 9.63. The fourth-order valence-electron chi connectivity index (χ4n) is 0.628. The van der Waals surface area contributed by atoms with Crippen LogP contribution >= 0.6 is 15.9 Å². The number of azide groups is 1. The first-order chi connectivity index (χ1) is 6.15. The van der Waals surface area contributed by atoms with E-state index in [-0.39, 0.29) is 10.3 Å². The average Bonchev–Trinajstić information content (AvgIpc) is 2.10. The molecular formula is C6H2BrFN4O. The molecule has 0 fully saturated rings. The zero-order valence-corrected chi connectivity index (χ0v) is 7.69.